The van der Waals surface area contributed by atoms with E-state index in [1.807, 2.05) is 97.0 Å². The van der Waals surface area contributed by atoms with Crippen molar-refractivity contribution in [3.8, 4) is 0 Å². The third-order valence-electron chi connectivity index (χ3n) is 8.79. The molecule has 3 heterocycles. The molecule has 0 saturated carbocycles. The Morgan fingerprint density at radius 3 is 1.57 bits per heavy atom. The van der Waals surface area contributed by atoms with Crippen LogP contribution in [0.25, 0.3) is 0 Å². The molecule has 0 spiro atoms. The van der Waals surface area contributed by atoms with Gasteiger partial charge in [0.1, 0.15) is 11.2 Å². The van der Waals surface area contributed by atoms with Crippen LogP contribution in [0.4, 0.5) is 31.4 Å². The quantitative estimate of drug-likeness (QED) is 0.196. The van der Waals surface area contributed by atoms with Crippen molar-refractivity contribution in [1.29, 1.82) is 0 Å². The summed E-state index contributed by atoms with van der Waals surface area (Å²) in [5, 5.41) is 5.66. The Bertz CT molecular complexity index is 1660. The number of carbonyl (C=O) groups excluding carboxylic acids is 3. The van der Waals surface area contributed by atoms with Crippen LogP contribution in [0.15, 0.2) is 66.9 Å². The Labute approximate surface area is 335 Å². The monoisotopic (exact) mass is 777 g/mol. The number of anilines is 3. The van der Waals surface area contributed by atoms with E-state index in [4.69, 9.17) is 15.2 Å². The number of aryl methyl sites for hydroxylation is 1. The van der Waals surface area contributed by atoms with Crippen LogP contribution in [0.1, 0.15) is 73.2 Å². The van der Waals surface area contributed by atoms with Crippen LogP contribution < -0.4 is 16.4 Å². The van der Waals surface area contributed by atoms with Crippen molar-refractivity contribution in [2.45, 2.75) is 87.4 Å². The smallest absolute Gasteiger partial charge is 0.410 e. The summed E-state index contributed by atoms with van der Waals surface area (Å²) >= 11 is 0. The largest absolute Gasteiger partial charge is 0.444 e. The van der Waals surface area contributed by atoms with Gasteiger partial charge in [-0.25, -0.2) is 14.4 Å². The summed E-state index contributed by atoms with van der Waals surface area (Å²) in [6.45, 7) is 21.3. The minimum Gasteiger partial charge on any atom is -0.444 e. The number of benzene rings is 2. The molecular formula is C43H68N8O5. The highest BCUT2D eigenvalue weighted by Crippen LogP contribution is 2.16. The Kier molecular flexibility index (Phi) is 18.6. The number of urea groups is 1. The van der Waals surface area contributed by atoms with E-state index in [2.05, 4.69) is 37.6 Å². The highest BCUT2D eigenvalue weighted by molar-refractivity contribution is 5.99. The summed E-state index contributed by atoms with van der Waals surface area (Å²) in [6, 6.07) is 19.3. The highest BCUT2D eigenvalue weighted by atomic mass is 16.6. The first-order valence-corrected chi connectivity index (χ1v) is 18.9. The number of hydrogen-bond donors (Lipinski definition) is 3. The fourth-order valence-electron chi connectivity index (χ4n) is 5.92. The minimum atomic E-state index is -0.471. The maximum Gasteiger partial charge on any atom is 0.410 e. The number of nitrogens with one attached hydrogen (secondary N) is 2. The average Bonchev–Trinajstić information content (AvgIpc) is 3.10. The summed E-state index contributed by atoms with van der Waals surface area (Å²) in [7, 11) is 0. The molecule has 2 fully saturated rings. The maximum atomic E-state index is 12.3. The van der Waals surface area contributed by atoms with Gasteiger partial charge in [0, 0.05) is 82.5 Å². The number of ether oxygens (including phenoxy) is 2. The van der Waals surface area contributed by atoms with Gasteiger partial charge in [-0.1, -0.05) is 39.1 Å². The predicted octanol–water partition coefficient (Wildman–Crippen LogP) is 7.77. The lowest BCUT2D eigenvalue weighted by atomic mass is 10.1. The first-order chi connectivity index (χ1) is 25.5. The Morgan fingerprint density at radius 1 is 0.661 bits per heavy atom. The van der Waals surface area contributed by atoms with Crippen molar-refractivity contribution in [3.63, 3.8) is 0 Å². The zero-order valence-electron chi connectivity index (χ0n) is 33.2. The lowest BCUT2D eigenvalue weighted by Crippen LogP contribution is -2.50. The first kappa shape index (κ1) is 47.3. The van der Waals surface area contributed by atoms with Gasteiger partial charge in [-0.3, -0.25) is 14.8 Å². The molecule has 0 bridgehead atoms. The molecule has 5 rings (SSSR count). The summed E-state index contributed by atoms with van der Waals surface area (Å²) < 4.78 is 10.9. The molecular weight excluding hydrogens is 709 g/mol. The molecule has 310 valence electrons. The number of nitrogens with zero attached hydrogens (tertiary/aromatic N) is 5. The van der Waals surface area contributed by atoms with Gasteiger partial charge >= 0.3 is 18.2 Å². The Balaban J connectivity index is 0.000000398. The fourth-order valence-corrected chi connectivity index (χ4v) is 5.92. The van der Waals surface area contributed by atoms with E-state index in [0.717, 1.165) is 87.8 Å². The van der Waals surface area contributed by atoms with Gasteiger partial charge in [0.15, 0.2) is 0 Å². The molecule has 2 saturated heterocycles. The number of pyridine rings is 1. The van der Waals surface area contributed by atoms with Crippen LogP contribution in [0, 0.1) is 6.92 Å². The summed E-state index contributed by atoms with van der Waals surface area (Å²) in [6.07, 6.45) is 3.04. The van der Waals surface area contributed by atoms with E-state index in [-0.39, 0.29) is 33.1 Å². The molecule has 2 aliphatic rings. The lowest BCUT2D eigenvalue weighted by molar-refractivity contribution is 0.0137. The SMILES string of the molecule is C.C.CC(C)(C)OC(=O)N1CCN(CCc2cccc(N)c2)CC1.Cc1ccc(NC(=O)Nc2cccc(CCN3CCN(C(=O)OC(C)(C)C)CC3)c2)cn1. The zero-order chi connectivity index (χ0) is 39.3. The molecule has 2 aliphatic heterocycles. The van der Waals surface area contributed by atoms with E-state index in [0.29, 0.717) is 18.8 Å². The van der Waals surface area contributed by atoms with Crippen LogP contribution in [-0.2, 0) is 22.3 Å². The third kappa shape index (κ3) is 17.3. The van der Waals surface area contributed by atoms with Crippen LogP contribution in [0.5, 0.6) is 0 Å². The fraction of sp³-hybridized carbons (Fsp3) is 0.535. The number of nitrogens with two attached hydrogens (primary N) is 1. The number of amides is 4. The van der Waals surface area contributed by atoms with Crippen molar-refractivity contribution in [3.05, 3.63) is 83.7 Å². The van der Waals surface area contributed by atoms with E-state index < -0.39 is 11.2 Å². The predicted molar refractivity (Wildman–Crippen MR) is 228 cm³/mol. The van der Waals surface area contributed by atoms with E-state index in [1.54, 1.807) is 16.0 Å². The van der Waals surface area contributed by atoms with Crippen LogP contribution in [0.2, 0.25) is 0 Å². The van der Waals surface area contributed by atoms with Crippen molar-refractivity contribution >= 4 is 35.3 Å². The second-order valence-electron chi connectivity index (χ2n) is 15.8. The molecule has 3 aromatic rings. The third-order valence-corrected chi connectivity index (χ3v) is 8.79. The molecule has 4 amide bonds. The zero-order valence-corrected chi connectivity index (χ0v) is 33.2. The molecule has 0 atom stereocenters. The molecule has 56 heavy (non-hydrogen) atoms. The number of piperazine rings is 2. The standard InChI is InChI=1S/C24H33N5O3.C17H27N3O2.2CH4/c1-18-8-9-21(17-25-18)27-22(30)26-20-7-5-6-19(16-20)10-11-28-12-14-29(15-13-28)23(31)32-24(2,3)4;1-17(2,3)22-16(21)20-11-9-19(10-12-20)8-7-14-5-4-6-15(18)13-14;;/h5-9,16-17H,10-15H2,1-4H3,(H2,26,27,30);4-6,13H,7-12,18H2,1-3H3;2*1H4. The van der Waals surface area contributed by atoms with Gasteiger partial charge in [-0.15, -0.1) is 0 Å². The normalized spacial score (nSPS) is 14.9. The van der Waals surface area contributed by atoms with Crippen LogP contribution in [-0.4, -0.2) is 119 Å². The van der Waals surface area contributed by atoms with E-state index in [1.165, 1.54) is 5.56 Å². The Morgan fingerprint density at radius 2 is 1.12 bits per heavy atom. The molecule has 13 nitrogen and oxygen atoms in total. The van der Waals surface area contributed by atoms with Gasteiger partial charge in [-0.05, 0) is 109 Å². The van der Waals surface area contributed by atoms with Crippen molar-refractivity contribution in [1.82, 2.24) is 24.6 Å². The molecule has 0 aliphatic carbocycles. The number of hydrogen-bond acceptors (Lipinski definition) is 9. The van der Waals surface area contributed by atoms with Crippen LogP contribution >= 0.6 is 0 Å². The van der Waals surface area contributed by atoms with Gasteiger partial charge in [-0.2, -0.15) is 0 Å². The maximum absolute atomic E-state index is 12.3. The second-order valence-corrected chi connectivity index (χ2v) is 15.8. The molecule has 0 radical (unpaired) electrons. The van der Waals surface area contributed by atoms with Crippen LogP contribution in [0.3, 0.4) is 0 Å². The summed E-state index contributed by atoms with van der Waals surface area (Å²) in [5.41, 5.74) is 10.4. The molecule has 1 aromatic heterocycles. The molecule has 2 aromatic carbocycles. The van der Waals surface area contributed by atoms with Crippen molar-refractivity contribution in [2.24, 2.45) is 0 Å². The van der Waals surface area contributed by atoms with E-state index >= 15 is 0 Å². The van der Waals surface area contributed by atoms with Crippen molar-refractivity contribution in [2.75, 3.05) is 81.8 Å². The molecule has 0 unspecified atom stereocenters. The average molecular weight is 777 g/mol. The minimum absolute atomic E-state index is 0. The van der Waals surface area contributed by atoms with Gasteiger partial charge in [0.25, 0.3) is 0 Å². The highest BCUT2D eigenvalue weighted by Gasteiger charge is 2.27. The molecule has 13 heteroatoms. The molecule has 4 N–H and O–H groups in total. The lowest BCUT2D eigenvalue weighted by Gasteiger charge is -2.35. The Hall–Kier alpha value is -4.88. The second kappa shape index (κ2) is 22.0. The summed E-state index contributed by atoms with van der Waals surface area (Å²) in [4.78, 5) is 48.9. The topological polar surface area (TPSA) is 146 Å². The first-order valence-electron chi connectivity index (χ1n) is 18.9. The van der Waals surface area contributed by atoms with Gasteiger partial charge < -0.3 is 35.6 Å². The van der Waals surface area contributed by atoms with Gasteiger partial charge in [0.2, 0.25) is 0 Å². The van der Waals surface area contributed by atoms with E-state index in [9.17, 15) is 14.4 Å². The number of carbonyl (C=O) groups is 3. The van der Waals surface area contributed by atoms with Gasteiger partial charge in [0.05, 0.1) is 11.9 Å². The number of rotatable bonds is 8. The number of nitrogen functional groups attached to an aromatic ring is 1. The number of aromatic nitrogens is 1. The van der Waals surface area contributed by atoms with Crippen molar-refractivity contribution < 1.29 is 23.9 Å². The summed E-state index contributed by atoms with van der Waals surface area (Å²) in [5.74, 6) is 0.